The van der Waals surface area contributed by atoms with Crippen LogP contribution >= 0.6 is 0 Å². The average molecular weight is 842 g/mol. The summed E-state index contributed by atoms with van der Waals surface area (Å²) in [5.41, 5.74) is 22.7. The Kier molecular flexibility index (Phi) is 8.86. The minimum Gasteiger partial charge on any atom is -0.458 e. The van der Waals surface area contributed by atoms with Crippen LogP contribution < -0.4 is 21.1 Å². The number of aromatic nitrogens is 1. The first-order valence-electron chi connectivity index (χ1n) is 23.1. The van der Waals surface area contributed by atoms with Gasteiger partial charge in [0.1, 0.15) is 11.5 Å². The number of hydrogen-bond donors (Lipinski definition) is 0. The van der Waals surface area contributed by atoms with Crippen LogP contribution in [0.5, 0.6) is 11.5 Å². The normalized spacial score (nSPS) is 12.3. The van der Waals surface area contributed by atoms with Crippen molar-refractivity contribution in [3.63, 3.8) is 0 Å². The van der Waals surface area contributed by atoms with Gasteiger partial charge in [-0.15, -0.1) is 0 Å². The van der Waals surface area contributed by atoms with Crippen molar-refractivity contribution in [1.82, 2.24) is 4.57 Å². The van der Waals surface area contributed by atoms with Crippen molar-refractivity contribution in [1.29, 1.82) is 0 Å². The Morgan fingerprint density at radius 2 is 0.909 bits per heavy atom. The molecule has 10 aromatic carbocycles. The van der Waals surface area contributed by atoms with E-state index in [1.54, 1.807) is 0 Å². The molecule has 1 aromatic heterocycles. The number of ether oxygens (including phenoxy) is 1. The summed E-state index contributed by atoms with van der Waals surface area (Å²) in [5, 5.41) is 2.51. The molecule has 0 N–H and O–H groups in total. The number of rotatable bonds is 7. The molecule has 0 aliphatic carbocycles. The second-order valence-electron chi connectivity index (χ2n) is 18.2. The van der Waals surface area contributed by atoms with E-state index in [0.29, 0.717) is 0 Å². The van der Waals surface area contributed by atoms with Crippen LogP contribution in [0, 0.1) is 0 Å². The lowest BCUT2D eigenvalue weighted by Crippen LogP contribution is -2.58. The third-order valence-corrected chi connectivity index (χ3v) is 14.0. The first-order chi connectivity index (χ1) is 32.6. The lowest BCUT2D eigenvalue weighted by atomic mass is 9.34. The zero-order valence-corrected chi connectivity index (χ0v) is 36.9. The van der Waals surface area contributed by atoms with Gasteiger partial charge in [0, 0.05) is 27.5 Å². The van der Waals surface area contributed by atoms with E-state index in [1.165, 1.54) is 99.5 Å². The summed E-state index contributed by atoms with van der Waals surface area (Å²) in [4.78, 5) is 0. The molecular formula is C63H44BNO. The van der Waals surface area contributed by atoms with E-state index in [-0.39, 0.29) is 12.6 Å². The Balaban J connectivity index is 1.17. The molecule has 0 unspecified atom stereocenters. The monoisotopic (exact) mass is 841 g/mol. The third kappa shape index (κ3) is 6.04. The van der Waals surface area contributed by atoms with Crippen LogP contribution in [0.15, 0.2) is 224 Å². The standard InChI is InChI=1S/C63H44BNO/c1-40(2)46-38-59-61-60(39-46)66-63-55(52-30-18-17-28-50(52)44-25-13-6-14-26-44)35-48(51-29-16-15-27-49(51)43-23-11-5-12-24-43)37-57(63)64(61)56-36-47(42-21-9-4-10-22-42)34-54-53-33-45(41-19-7-3-8-20-41)31-32-58(53)65(59)62(54)56/h3-40H,1-2H3. The minimum absolute atomic E-state index is 0.122. The molecule has 310 valence electrons. The highest BCUT2D eigenvalue weighted by Crippen LogP contribution is 2.47. The van der Waals surface area contributed by atoms with Crippen LogP contribution in [-0.2, 0) is 0 Å². The van der Waals surface area contributed by atoms with Crippen LogP contribution in [0.2, 0.25) is 0 Å². The smallest absolute Gasteiger partial charge is 0.256 e. The van der Waals surface area contributed by atoms with E-state index in [9.17, 15) is 0 Å². The maximum Gasteiger partial charge on any atom is 0.256 e. The van der Waals surface area contributed by atoms with Gasteiger partial charge >= 0.3 is 0 Å². The summed E-state index contributed by atoms with van der Waals surface area (Å²) >= 11 is 0. The predicted molar refractivity (Wildman–Crippen MR) is 279 cm³/mol. The van der Waals surface area contributed by atoms with E-state index < -0.39 is 0 Å². The molecule has 0 fully saturated rings. The summed E-state index contributed by atoms with van der Waals surface area (Å²) < 4.78 is 10.1. The van der Waals surface area contributed by atoms with E-state index in [2.05, 4.69) is 243 Å². The second kappa shape index (κ2) is 15.3. The third-order valence-electron chi connectivity index (χ3n) is 14.0. The summed E-state index contributed by atoms with van der Waals surface area (Å²) in [6.45, 7) is 4.46. The van der Waals surface area contributed by atoms with Gasteiger partial charge in [-0.2, -0.15) is 0 Å². The first kappa shape index (κ1) is 38.3. The van der Waals surface area contributed by atoms with Gasteiger partial charge in [-0.05, 0) is 125 Å². The number of hydrogen-bond acceptors (Lipinski definition) is 1. The molecule has 3 heteroatoms. The molecule has 0 saturated heterocycles. The average Bonchev–Trinajstić information content (AvgIpc) is 3.72. The van der Waals surface area contributed by atoms with Crippen molar-refractivity contribution in [2.24, 2.45) is 0 Å². The van der Waals surface area contributed by atoms with Crippen molar-refractivity contribution in [3.8, 4) is 83.9 Å². The molecular weight excluding hydrogens is 798 g/mol. The van der Waals surface area contributed by atoms with Crippen molar-refractivity contribution in [2.75, 3.05) is 0 Å². The maximum atomic E-state index is 7.58. The van der Waals surface area contributed by atoms with E-state index in [1.807, 2.05) is 0 Å². The lowest BCUT2D eigenvalue weighted by molar-refractivity contribution is 0.488. The van der Waals surface area contributed by atoms with E-state index in [0.717, 1.165) is 28.2 Å². The van der Waals surface area contributed by atoms with Crippen molar-refractivity contribution < 1.29 is 4.74 Å². The lowest BCUT2D eigenvalue weighted by Gasteiger charge is -2.35. The Hall–Kier alpha value is -8.14. The molecule has 0 amide bonds. The molecule has 0 atom stereocenters. The van der Waals surface area contributed by atoms with Gasteiger partial charge in [-0.25, -0.2) is 0 Å². The Labute approximate surface area is 386 Å². The fraction of sp³-hybridized carbons (Fsp3) is 0.0476. The highest BCUT2D eigenvalue weighted by atomic mass is 16.5. The van der Waals surface area contributed by atoms with Crippen LogP contribution in [0.25, 0.3) is 94.3 Å². The summed E-state index contributed by atoms with van der Waals surface area (Å²) in [6, 6.07) is 82.5. The van der Waals surface area contributed by atoms with E-state index in [4.69, 9.17) is 4.74 Å². The van der Waals surface area contributed by atoms with Crippen LogP contribution in [0.4, 0.5) is 0 Å². The predicted octanol–water partition coefficient (Wildman–Crippen LogP) is 14.8. The molecule has 13 rings (SSSR count). The van der Waals surface area contributed by atoms with Crippen LogP contribution in [0.3, 0.4) is 0 Å². The molecule has 0 radical (unpaired) electrons. The molecule has 66 heavy (non-hydrogen) atoms. The molecule has 0 saturated carbocycles. The molecule has 11 aromatic rings. The molecule has 3 heterocycles. The molecule has 2 aliphatic rings. The van der Waals surface area contributed by atoms with Crippen LogP contribution in [0.1, 0.15) is 25.3 Å². The fourth-order valence-electron chi connectivity index (χ4n) is 10.9. The van der Waals surface area contributed by atoms with Crippen molar-refractivity contribution >= 4 is 44.9 Å². The van der Waals surface area contributed by atoms with Crippen molar-refractivity contribution in [3.05, 3.63) is 230 Å². The maximum absolute atomic E-state index is 7.58. The molecule has 2 aliphatic heterocycles. The molecule has 2 nitrogen and oxygen atoms in total. The SMILES string of the molecule is CC(C)c1cc2c3c(c1)-n1c4ccc(-c5ccccc5)cc4c4cc(-c5ccccc5)cc(c41)B3c1cc(-c3ccccc3-c3ccccc3)cc(-c3ccccc3-c3ccccc3)c1O2. The topological polar surface area (TPSA) is 14.2 Å². The quantitative estimate of drug-likeness (QED) is 0.146. The molecule has 0 bridgehead atoms. The minimum atomic E-state index is -0.122. The summed E-state index contributed by atoms with van der Waals surface area (Å²) in [7, 11) is 0. The van der Waals surface area contributed by atoms with Gasteiger partial charge in [0.05, 0.1) is 5.52 Å². The fourth-order valence-corrected chi connectivity index (χ4v) is 10.9. The zero-order valence-electron chi connectivity index (χ0n) is 36.9. The number of fused-ring (bicyclic) bond motifs is 7. The second-order valence-corrected chi connectivity index (χ2v) is 18.2. The van der Waals surface area contributed by atoms with E-state index >= 15 is 0 Å². The van der Waals surface area contributed by atoms with Crippen LogP contribution in [-0.4, -0.2) is 11.3 Å². The Bertz CT molecular complexity index is 3690. The van der Waals surface area contributed by atoms with Crippen molar-refractivity contribution in [2.45, 2.75) is 19.8 Å². The van der Waals surface area contributed by atoms with Gasteiger partial charge in [-0.1, -0.05) is 202 Å². The summed E-state index contributed by atoms with van der Waals surface area (Å²) in [5.74, 6) is 2.13. The van der Waals surface area contributed by atoms with Gasteiger partial charge in [0.2, 0.25) is 0 Å². The van der Waals surface area contributed by atoms with Gasteiger partial charge < -0.3 is 9.30 Å². The Morgan fingerprint density at radius 1 is 0.394 bits per heavy atom. The zero-order chi connectivity index (χ0) is 43.9. The number of benzene rings is 10. The van der Waals surface area contributed by atoms with Gasteiger partial charge in [0.15, 0.2) is 0 Å². The molecule has 0 spiro atoms. The first-order valence-corrected chi connectivity index (χ1v) is 23.1. The summed E-state index contributed by atoms with van der Waals surface area (Å²) in [6.07, 6.45) is 0. The van der Waals surface area contributed by atoms with Gasteiger partial charge in [0.25, 0.3) is 6.71 Å². The largest absolute Gasteiger partial charge is 0.458 e. The highest BCUT2D eigenvalue weighted by Gasteiger charge is 2.42. The van der Waals surface area contributed by atoms with Gasteiger partial charge in [-0.3, -0.25) is 0 Å². The Morgan fingerprint density at radius 3 is 1.53 bits per heavy atom. The number of nitrogens with zero attached hydrogens (tertiary/aromatic N) is 1. The highest BCUT2D eigenvalue weighted by molar-refractivity contribution is 6.99.